The van der Waals surface area contributed by atoms with Crippen LogP contribution in [0.1, 0.15) is 47.1 Å². The molecule has 0 fully saturated rings. The summed E-state index contributed by atoms with van der Waals surface area (Å²) in [7, 11) is -5.97. The molecule has 0 aliphatic rings. The molecule has 0 unspecified atom stereocenters. The van der Waals surface area contributed by atoms with Crippen LogP contribution in [0.4, 0.5) is 0 Å². The summed E-state index contributed by atoms with van der Waals surface area (Å²) in [5.41, 5.74) is 0.887. The summed E-state index contributed by atoms with van der Waals surface area (Å²) in [6, 6.07) is 52.8. The molecule has 0 aliphatic heterocycles. The molecular formula is C39H43NO2Si2. The van der Waals surface area contributed by atoms with Crippen LogP contribution in [-0.2, 0) is 8.95 Å². The highest BCUT2D eigenvalue weighted by Crippen LogP contribution is 2.39. The molecule has 0 amide bonds. The van der Waals surface area contributed by atoms with Crippen LogP contribution in [0.2, 0.25) is 10.1 Å². The molecule has 224 valence electrons. The highest BCUT2D eigenvalue weighted by molar-refractivity contribution is 7.01. The molecule has 0 bridgehead atoms. The van der Waals surface area contributed by atoms with Crippen LogP contribution in [0.3, 0.4) is 0 Å². The van der Waals surface area contributed by atoms with E-state index in [-0.39, 0.29) is 10.1 Å². The standard InChI is InChI=1S/C39H43NO2Si2/c1-38(2,3)43(33-24-14-8-15-25-33,34-26-16-9-17-27-34)41-37(32-22-12-7-13-23-32)40-42-44(39(4,5)6,35-28-18-10-19-29-35)36-30-20-11-21-31-36/h7-31H,1-6H3/b40-37-/i40+1. The molecule has 0 aromatic heterocycles. The lowest BCUT2D eigenvalue weighted by atomic mass is 10.2. The van der Waals surface area contributed by atoms with Crippen LogP contribution >= 0.6 is 0 Å². The summed E-state index contributed by atoms with van der Waals surface area (Å²) in [5.74, 6) is 0.507. The van der Waals surface area contributed by atoms with Crippen molar-refractivity contribution in [2.24, 2.45) is 5.16 Å². The third kappa shape index (κ3) is 5.95. The Morgan fingerprint density at radius 2 is 0.727 bits per heavy atom. The van der Waals surface area contributed by atoms with E-state index in [2.05, 4.69) is 175 Å². The second-order valence-corrected chi connectivity index (χ2v) is 21.7. The first kappa shape index (κ1) is 31.2. The normalized spacial score (nSPS) is 12.9. The Morgan fingerprint density at radius 3 is 1.05 bits per heavy atom. The minimum Gasteiger partial charge on any atom is -0.519 e. The van der Waals surface area contributed by atoms with Gasteiger partial charge >= 0.3 is 16.6 Å². The molecule has 0 heterocycles. The summed E-state index contributed by atoms with van der Waals surface area (Å²) in [6.07, 6.45) is 0. The third-order valence-corrected chi connectivity index (χ3v) is 18.0. The number of hydrogen-bond acceptors (Lipinski definition) is 3. The Balaban J connectivity index is 1.77. The van der Waals surface area contributed by atoms with E-state index in [1.54, 1.807) is 0 Å². The van der Waals surface area contributed by atoms with Gasteiger partial charge in [-0.25, -0.2) is 0 Å². The van der Waals surface area contributed by atoms with Gasteiger partial charge < -0.3 is 8.95 Å². The fraction of sp³-hybridized carbons (Fsp3) is 0.205. The van der Waals surface area contributed by atoms with Crippen molar-refractivity contribution in [1.82, 2.24) is 0 Å². The molecule has 3 nitrogen and oxygen atoms in total. The Morgan fingerprint density at radius 1 is 0.432 bits per heavy atom. The lowest BCUT2D eigenvalue weighted by Gasteiger charge is -2.43. The van der Waals surface area contributed by atoms with Gasteiger partial charge in [-0.05, 0) is 37.9 Å². The average Bonchev–Trinajstić information content (AvgIpc) is 3.04. The molecule has 0 radical (unpaired) electrons. The minimum absolute atomic E-state index is 0.233. The van der Waals surface area contributed by atoms with Crippen LogP contribution < -0.4 is 20.7 Å². The Hall–Kier alpha value is -4.20. The highest BCUT2D eigenvalue weighted by Gasteiger charge is 2.55. The Kier molecular flexibility index (Phi) is 9.09. The topological polar surface area (TPSA) is 30.8 Å². The fourth-order valence-electron chi connectivity index (χ4n) is 6.24. The molecule has 0 N–H and O–H groups in total. The Labute approximate surface area is 265 Å². The summed E-state index contributed by atoms with van der Waals surface area (Å²) in [5, 5.41) is 9.36. The van der Waals surface area contributed by atoms with Crippen LogP contribution in [0.5, 0.6) is 0 Å². The van der Waals surface area contributed by atoms with E-state index in [9.17, 15) is 0 Å². The maximum atomic E-state index is 7.53. The van der Waals surface area contributed by atoms with E-state index >= 15 is 0 Å². The molecule has 0 saturated heterocycles. The van der Waals surface area contributed by atoms with Crippen LogP contribution in [0, 0.1) is 0 Å². The zero-order valence-corrected chi connectivity index (χ0v) is 28.7. The largest absolute Gasteiger partial charge is 0.519 e. The molecule has 0 aliphatic carbocycles. The van der Waals surface area contributed by atoms with Crippen molar-refractivity contribution < 1.29 is 8.95 Å². The molecule has 5 aromatic rings. The highest BCUT2D eigenvalue weighted by atomic mass is 28.4. The first-order chi connectivity index (χ1) is 21.1. The quantitative estimate of drug-likeness (QED) is 0.0596. The number of rotatable bonds is 8. The van der Waals surface area contributed by atoms with E-state index in [1.807, 2.05) is 18.2 Å². The van der Waals surface area contributed by atoms with Crippen molar-refractivity contribution in [1.29, 1.82) is 0 Å². The number of benzene rings is 5. The number of oxime groups is 1. The van der Waals surface area contributed by atoms with Crippen LogP contribution in [-0.4, -0.2) is 22.5 Å². The molecule has 5 aromatic carbocycles. The maximum Gasteiger partial charge on any atom is 0.354 e. The summed E-state index contributed by atoms with van der Waals surface area (Å²) in [4.78, 5) is 0. The maximum absolute atomic E-state index is 7.53. The predicted octanol–water partition coefficient (Wildman–Crippen LogP) is 7.50. The molecule has 0 spiro atoms. The van der Waals surface area contributed by atoms with E-state index < -0.39 is 16.6 Å². The monoisotopic (exact) mass is 614 g/mol. The zero-order valence-electron chi connectivity index (χ0n) is 26.7. The second-order valence-electron chi connectivity index (χ2n) is 13.3. The van der Waals surface area contributed by atoms with Crippen molar-refractivity contribution >= 4 is 43.3 Å². The van der Waals surface area contributed by atoms with Gasteiger partial charge in [0.2, 0.25) is 5.90 Å². The molecule has 0 saturated carbocycles. The summed E-state index contributed by atoms with van der Waals surface area (Å²) < 4.78 is 14.7. The van der Waals surface area contributed by atoms with Crippen molar-refractivity contribution in [2.45, 2.75) is 51.6 Å². The van der Waals surface area contributed by atoms with Gasteiger partial charge in [-0.2, -0.15) is 0 Å². The molecule has 5 rings (SSSR count). The van der Waals surface area contributed by atoms with Gasteiger partial charge in [-0.3, -0.25) is 0 Å². The van der Waals surface area contributed by atoms with Gasteiger partial charge in [0, 0.05) is 10.6 Å². The van der Waals surface area contributed by atoms with Gasteiger partial charge in [-0.1, -0.05) is 186 Å². The lowest BCUT2D eigenvalue weighted by Crippen LogP contribution is -2.68. The van der Waals surface area contributed by atoms with Gasteiger partial charge in [0.05, 0.1) is 0 Å². The van der Waals surface area contributed by atoms with E-state index in [0.29, 0.717) is 5.90 Å². The minimum atomic E-state index is -2.99. The van der Waals surface area contributed by atoms with Crippen molar-refractivity contribution in [3.8, 4) is 0 Å². The van der Waals surface area contributed by atoms with Gasteiger partial charge in [-0.15, -0.1) is 0 Å². The number of hydrogen-bond donors (Lipinski definition) is 0. The molecular weight excluding hydrogens is 572 g/mol. The second kappa shape index (κ2) is 12.8. The van der Waals surface area contributed by atoms with Gasteiger partial charge in [0.15, 0.2) is 0 Å². The SMILES string of the molecule is CC(C)(C)[Si](O/[15N]=C(\O[Si](c1ccccc1)(c1ccccc1)C(C)(C)C)c1ccccc1)(c1ccccc1)c1ccccc1. The molecule has 44 heavy (non-hydrogen) atoms. The van der Waals surface area contributed by atoms with Gasteiger partial charge in [0.25, 0.3) is 0 Å². The lowest BCUT2D eigenvalue weighted by molar-refractivity contribution is 0.305. The first-order valence-electron chi connectivity index (χ1n) is 15.3. The smallest absolute Gasteiger partial charge is 0.354 e. The number of nitrogens with zero attached hydrogens (tertiary/aromatic N) is 1. The fourth-order valence-corrected chi connectivity index (χ4v) is 14.7. The van der Waals surface area contributed by atoms with E-state index in [0.717, 1.165) is 5.56 Å². The van der Waals surface area contributed by atoms with Gasteiger partial charge in [0.1, 0.15) is 0 Å². The van der Waals surface area contributed by atoms with E-state index in [4.69, 9.17) is 14.1 Å². The zero-order chi connectivity index (χ0) is 31.3. The van der Waals surface area contributed by atoms with Crippen molar-refractivity contribution in [2.75, 3.05) is 0 Å². The Bertz CT molecular complexity index is 1570. The summed E-state index contributed by atoms with van der Waals surface area (Å²) in [6.45, 7) is 13.6. The predicted molar refractivity (Wildman–Crippen MR) is 190 cm³/mol. The summed E-state index contributed by atoms with van der Waals surface area (Å²) >= 11 is 0. The average molecular weight is 615 g/mol. The van der Waals surface area contributed by atoms with Crippen molar-refractivity contribution in [3.05, 3.63) is 157 Å². The molecule has 0 atom stereocenters. The van der Waals surface area contributed by atoms with Crippen LogP contribution in [0.25, 0.3) is 0 Å². The first-order valence-corrected chi connectivity index (χ1v) is 19.1. The van der Waals surface area contributed by atoms with Crippen LogP contribution in [0.15, 0.2) is 157 Å². The molecule has 5 heteroatoms. The van der Waals surface area contributed by atoms with Crippen molar-refractivity contribution in [3.63, 3.8) is 0 Å². The van der Waals surface area contributed by atoms with E-state index in [1.165, 1.54) is 20.7 Å². The third-order valence-electron chi connectivity index (χ3n) is 8.37.